The van der Waals surface area contributed by atoms with E-state index >= 15 is 0 Å². The van der Waals surface area contributed by atoms with Crippen LogP contribution in [0.3, 0.4) is 0 Å². The molecule has 0 aromatic heterocycles. The average Bonchev–Trinajstić information content (AvgIpc) is 2.33. The highest BCUT2D eigenvalue weighted by atomic mass is 16.3. The Kier molecular flexibility index (Phi) is 3.24. The molecule has 86 valence electrons. The molecule has 0 atom stereocenters. The molecular formula is C15H14O2. The first kappa shape index (κ1) is 11.4. The van der Waals surface area contributed by atoms with Crippen molar-refractivity contribution in [1.29, 1.82) is 0 Å². The number of carbonyl (C=O) groups is 1. The summed E-state index contributed by atoms with van der Waals surface area (Å²) in [7, 11) is 0. The minimum atomic E-state index is 0.0133. The molecule has 2 aromatic rings. The van der Waals surface area contributed by atoms with E-state index in [2.05, 4.69) is 0 Å². The van der Waals surface area contributed by atoms with Gasteiger partial charge in [0.05, 0.1) is 0 Å². The van der Waals surface area contributed by atoms with Crippen molar-refractivity contribution in [3.63, 3.8) is 0 Å². The van der Waals surface area contributed by atoms with Crippen molar-refractivity contribution in [2.24, 2.45) is 0 Å². The molecule has 0 fully saturated rings. The maximum absolute atomic E-state index is 11.3. The van der Waals surface area contributed by atoms with Crippen LogP contribution in [0.5, 0.6) is 5.75 Å². The lowest BCUT2D eigenvalue weighted by Gasteiger charge is -2.06. The Morgan fingerprint density at radius 1 is 1.12 bits per heavy atom. The molecule has 0 saturated carbocycles. The van der Waals surface area contributed by atoms with Gasteiger partial charge >= 0.3 is 0 Å². The number of ketones is 1. The SMILES string of the molecule is CC(=O)c1ccc(O)c(Cc2ccccc2)c1. The molecule has 2 nitrogen and oxygen atoms in total. The normalized spacial score (nSPS) is 10.2. The molecule has 2 aromatic carbocycles. The van der Waals surface area contributed by atoms with Crippen LogP contribution in [0.4, 0.5) is 0 Å². The first-order valence-electron chi connectivity index (χ1n) is 5.53. The van der Waals surface area contributed by atoms with Gasteiger partial charge in [0.15, 0.2) is 5.78 Å². The van der Waals surface area contributed by atoms with Crippen molar-refractivity contribution < 1.29 is 9.90 Å². The zero-order valence-electron chi connectivity index (χ0n) is 9.68. The Morgan fingerprint density at radius 2 is 1.82 bits per heavy atom. The molecule has 0 unspecified atom stereocenters. The summed E-state index contributed by atoms with van der Waals surface area (Å²) >= 11 is 0. The summed E-state index contributed by atoms with van der Waals surface area (Å²) in [4.78, 5) is 11.3. The van der Waals surface area contributed by atoms with E-state index in [9.17, 15) is 9.90 Å². The summed E-state index contributed by atoms with van der Waals surface area (Å²) in [5.41, 5.74) is 2.53. The zero-order chi connectivity index (χ0) is 12.3. The molecule has 0 spiro atoms. The highest BCUT2D eigenvalue weighted by Gasteiger charge is 2.06. The van der Waals surface area contributed by atoms with Gasteiger partial charge in [-0.15, -0.1) is 0 Å². The molecule has 0 aliphatic carbocycles. The third kappa shape index (κ3) is 2.72. The first-order valence-corrected chi connectivity index (χ1v) is 5.53. The Balaban J connectivity index is 2.32. The summed E-state index contributed by atoms with van der Waals surface area (Å²) in [5, 5.41) is 9.77. The number of carbonyl (C=O) groups excluding carboxylic acids is 1. The van der Waals surface area contributed by atoms with Gasteiger partial charge in [-0.25, -0.2) is 0 Å². The van der Waals surface area contributed by atoms with Gasteiger partial charge in [0, 0.05) is 12.0 Å². The Bertz CT molecular complexity index is 530. The summed E-state index contributed by atoms with van der Waals surface area (Å²) in [6.45, 7) is 1.53. The molecule has 1 N–H and O–H groups in total. The molecule has 0 radical (unpaired) electrons. The van der Waals surface area contributed by atoms with Gasteiger partial charge < -0.3 is 5.11 Å². The highest BCUT2D eigenvalue weighted by Crippen LogP contribution is 2.22. The molecule has 0 aliphatic rings. The van der Waals surface area contributed by atoms with Gasteiger partial charge in [0.1, 0.15) is 5.75 Å². The van der Waals surface area contributed by atoms with Crippen LogP contribution < -0.4 is 0 Å². The fourth-order valence-electron chi connectivity index (χ4n) is 1.76. The lowest BCUT2D eigenvalue weighted by molar-refractivity contribution is 0.101. The number of rotatable bonds is 3. The van der Waals surface area contributed by atoms with Crippen LogP contribution in [0.15, 0.2) is 48.5 Å². The number of benzene rings is 2. The van der Waals surface area contributed by atoms with Gasteiger partial charge in [0.2, 0.25) is 0 Å². The third-order valence-electron chi connectivity index (χ3n) is 2.72. The standard InChI is InChI=1S/C15H14O2/c1-11(16)13-7-8-15(17)14(10-13)9-12-5-3-2-4-6-12/h2-8,10,17H,9H2,1H3. The molecule has 0 amide bonds. The number of hydrogen-bond acceptors (Lipinski definition) is 2. The van der Waals surface area contributed by atoms with E-state index in [-0.39, 0.29) is 11.5 Å². The van der Waals surface area contributed by atoms with Crippen LogP contribution in [0, 0.1) is 0 Å². The fourth-order valence-corrected chi connectivity index (χ4v) is 1.76. The van der Waals surface area contributed by atoms with E-state index < -0.39 is 0 Å². The van der Waals surface area contributed by atoms with Gasteiger partial charge in [0.25, 0.3) is 0 Å². The maximum Gasteiger partial charge on any atom is 0.159 e. The Hall–Kier alpha value is -2.09. The van der Waals surface area contributed by atoms with Crippen molar-refractivity contribution in [3.8, 4) is 5.75 Å². The molecule has 2 rings (SSSR count). The molecule has 0 heterocycles. The molecule has 0 saturated heterocycles. The molecular weight excluding hydrogens is 212 g/mol. The summed E-state index contributed by atoms with van der Waals surface area (Å²) in [5.74, 6) is 0.248. The average molecular weight is 226 g/mol. The smallest absolute Gasteiger partial charge is 0.159 e. The van der Waals surface area contributed by atoms with E-state index in [0.29, 0.717) is 12.0 Å². The van der Waals surface area contributed by atoms with E-state index in [0.717, 1.165) is 11.1 Å². The van der Waals surface area contributed by atoms with Crippen molar-refractivity contribution >= 4 is 5.78 Å². The largest absolute Gasteiger partial charge is 0.508 e. The van der Waals surface area contributed by atoms with Crippen molar-refractivity contribution in [2.75, 3.05) is 0 Å². The highest BCUT2D eigenvalue weighted by molar-refractivity contribution is 5.94. The Labute approximate surface area is 101 Å². The Morgan fingerprint density at radius 3 is 2.47 bits per heavy atom. The molecule has 0 aliphatic heterocycles. The number of hydrogen-bond donors (Lipinski definition) is 1. The van der Waals surface area contributed by atoms with Crippen LogP contribution in [-0.2, 0) is 6.42 Å². The third-order valence-corrected chi connectivity index (χ3v) is 2.72. The van der Waals surface area contributed by atoms with Crippen molar-refractivity contribution in [3.05, 3.63) is 65.2 Å². The number of phenolic OH excluding ortho intramolecular Hbond substituents is 1. The second-order valence-electron chi connectivity index (χ2n) is 4.06. The molecule has 0 bridgehead atoms. The van der Waals surface area contributed by atoms with Gasteiger partial charge in [-0.1, -0.05) is 30.3 Å². The number of phenols is 1. The monoisotopic (exact) mass is 226 g/mol. The predicted molar refractivity (Wildman–Crippen MR) is 67.4 cm³/mol. The quantitative estimate of drug-likeness (QED) is 0.816. The van der Waals surface area contributed by atoms with Crippen LogP contribution in [0.25, 0.3) is 0 Å². The van der Waals surface area contributed by atoms with Crippen molar-refractivity contribution in [2.45, 2.75) is 13.3 Å². The zero-order valence-corrected chi connectivity index (χ0v) is 9.68. The maximum atomic E-state index is 11.3. The fraction of sp³-hybridized carbons (Fsp3) is 0.133. The van der Waals surface area contributed by atoms with Crippen LogP contribution >= 0.6 is 0 Å². The van der Waals surface area contributed by atoms with Crippen molar-refractivity contribution in [1.82, 2.24) is 0 Å². The first-order chi connectivity index (χ1) is 8.16. The van der Waals surface area contributed by atoms with E-state index in [4.69, 9.17) is 0 Å². The summed E-state index contributed by atoms with van der Waals surface area (Å²) < 4.78 is 0. The topological polar surface area (TPSA) is 37.3 Å². The van der Waals surface area contributed by atoms with E-state index in [1.54, 1.807) is 18.2 Å². The second kappa shape index (κ2) is 4.83. The van der Waals surface area contributed by atoms with Gasteiger partial charge in [-0.05, 0) is 36.2 Å². The second-order valence-corrected chi connectivity index (χ2v) is 4.06. The summed E-state index contributed by atoms with van der Waals surface area (Å²) in [6, 6.07) is 14.9. The van der Waals surface area contributed by atoms with Crippen LogP contribution in [0.2, 0.25) is 0 Å². The van der Waals surface area contributed by atoms with Crippen LogP contribution in [-0.4, -0.2) is 10.9 Å². The molecule has 17 heavy (non-hydrogen) atoms. The van der Waals surface area contributed by atoms with Gasteiger partial charge in [-0.3, -0.25) is 4.79 Å². The lowest BCUT2D eigenvalue weighted by atomic mass is 10.0. The number of aromatic hydroxyl groups is 1. The predicted octanol–water partition coefficient (Wildman–Crippen LogP) is 3.19. The number of Topliss-reactive ketones (excluding diaryl/α,β-unsaturated/α-hetero) is 1. The van der Waals surface area contributed by atoms with Crippen LogP contribution in [0.1, 0.15) is 28.4 Å². The summed E-state index contributed by atoms with van der Waals surface area (Å²) in [6.07, 6.45) is 0.633. The van der Waals surface area contributed by atoms with E-state index in [1.165, 1.54) is 6.92 Å². The lowest BCUT2D eigenvalue weighted by Crippen LogP contribution is -1.95. The minimum Gasteiger partial charge on any atom is -0.508 e. The van der Waals surface area contributed by atoms with Gasteiger partial charge in [-0.2, -0.15) is 0 Å². The molecule has 2 heteroatoms. The minimum absolute atomic E-state index is 0.0133. The van der Waals surface area contributed by atoms with E-state index in [1.807, 2.05) is 30.3 Å².